The summed E-state index contributed by atoms with van der Waals surface area (Å²) in [7, 11) is 1.92. The Morgan fingerprint density at radius 1 is 1.50 bits per heavy atom. The Morgan fingerprint density at radius 3 is 2.86 bits per heavy atom. The van der Waals surface area contributed by atoms with Gasteiger partial charge in [-0.25, -0.2) is 0 Å². The van der Waals surface area contributed by atoms with E-state index in [9.17, 15) is 4.79 Å². The topological polar surface area (TPSA) is 51.0 Å². The fraction of sp³-hybridized carbons (Fsp3) is 0.400. The van der Waals surface area contributed by atoms with Crippen molar-refractivity contribution in [3.05, 3.63) is 29.7 Å². The Labute approximate surface area is 139 Å². The summed E-state index contributed by atoms with van der Waals surface area (Å²) in [4.78, 5) is 15.1. The van der Waals surface area contributed by atoms with Gasteiger partial charge in [-0.2, -0.15) is 0 Å². The molecule has 0 bridgehead atoms. The van der Waals surface area contributed by atoms with Crippen LogP contribution in [0.25, 0.3) is 10.7 Å². The number of rotatable bonds is 7. The van der Waals surface area contributed by atoms with Crippen LogP contribution >= 0.6 is 23.1 Å². The molecular weight excluding hydrogens is 316 g/mol. The molecule has 0 aliphatic rings. The number of nitrogens with zero attached hydrogens (tertiary/aromatic N) is 4. The highest BCUT2D eigenvalue weighted by Crippen LogP contribution is 2.26. The molecule has 2 rings (SSSR count). The van der Waals surface area contributed by atoms with Crippen LogP contribution in [-0.2, 0) is 11.8 Å². The second-order valence-corrected chi connectivity index (χ2v) is 6.89. The predicted octanol–water partition coefficient (Wildman–Crippen LogP) is 3.06. The molecule has 0 unspecified atom stereocenters. The number of carbonyl (C=O) groups excluding carboxylic acids is 1. The van der Waals surface area contributed by atoms with Crippen molar-refractivity contribution >= 4 is 29.0 Å². The highest BCUT2D eigenvalue weighted by molar-refractivity contribution is 7.99. The molecule has 0 N–H and O–H groups in total. The number of hydrogen-bond acceptors (Lipinski definition) is 5. The van der Waals surface area contributed by atoms with Gasteiger partial charge in [0, 0.05) is 20.1 Å². The quantitative estimate of drug-likeness (QED) is 0.576. The zero-order valence-electron chi connectivity index (χ0n) is 13.1. The van der Waals surface area contributed by atoms with E-state index >= 15 is 0 Å². The lowest BCUT2D eigenvalue weighted by Crippen LogP contribution is -2.33. The molecule has 0 aromatic carbocycles. The molecule has 2 heterocycles. The van der Waals surface area contributed by atoms with Gasteiger partial charge in [0.25, 0.3) is 0 Å². The molecule has 0 aliphatic heterocycles. The summed E-state index contributed by atoms with van der Waals surface area (Å²) in [6.45, 7) is 9.06. The van der Waals surface area contributed by atoms with E-state index in [0.29, 0.717) is 18.8 Å². The van der Waals surface area contributed by atoms with E-state index in [1.165, 1.54) is 11.8 Å². The molecule has 118 valence electrons. The second kappa shape index (κ2) is 7.60. The lowest BCUT2D eigenvalue weighted by Gasteiger charge is -2.20. The van der Waals surface area contributed by atoms with Gasteiger partial charge in [-0.05, 0) is 25.3 Å². The Morgan fingerprint density at radius 2 is 2.27 bits per heavy atom. The highest BCUT2D eigenvalue weighted by Gasteiger charge is 2.16. The summed E-state index contributed by atoms with van der Waals surface area (Å²) in [5, 5.41) is 11.2. The van der Waals surface area contributed by atoms with Gasteiger partial charge in [0.1, 0.15) is 0 Å². The van der Waals surface area contributed by atoms with Gasteiger partial charge in [0.2, 0.25) is 5.91 Å². The lowest BCUT2D eigenvalue weighted by atomic mass is 10.3. The minimum Gasteiger partial charge on any atom is -0.338 e. The van der Waals surface area contributed by atoms with Crippen molar-refractivity contribution in [1.82, 2.24) is 19.7 Å². The van der Waals surface area contributed by atoms with Gasteiger partial charge in [0.15, 0.2) is 11.0 Å². The molecule has 0 atom stereocenters. The molecule has 0 spiro atoms. The fourth-order valence-corrected chi connectivity index (χ4v) is 3.54. The molecule has 0 radical (unpaired) electrons. The monoisotopic (exact) mass is 336 g/mol. The first-order valence-electron chi connectivity index (χ1n) is 7.01. The van der Waals surface area contributed by atoms with Crippen molar-refractivity contribution in [2.45, 2.75) is 19.0 Å². The van der Waals surface area contributed by atoms with Crippen LogP contribution in [-0.4, -0.2) is 44.4 Å². The molecule has 7 heteroatoms. The van der Waals surface area contributed by atoms with Crippen LogP contribution in [0, 0.1) is 0 Å². The SMILES string of the molecule is C=C(C)CN(CC)C(=O)CSc1nnc(-c2cccs2)n1C. The number of thiophene rings is 1. The smallest absolute Gasteiger partial charge is 0.233 e. The third kappa shape index (κ3) is 3.98. The Bertz CT molecular complexity index is 649. The van der Waals surface area contributed by atoms with Crippen LogP contribution in [0.3, 0.4) is 0 Å². The first kappa shape index (κ1) is 16.8. The van der Waals surface area contributed by atoms with Crippen molar-refractivity contribution < 1.29 is 4.79 Å². The highest BCUT2D eigenvalue weighted by atomic mass is 32.2. The summed E-state index contributed by atoms with van der Waals surface area (Å²) >= 11 is 3.04. The lowest BCUT2D eigenvalue weighted by molar-refractivity contribution is -0.127. The molecule has 5 nitrogen and oxygen atoms in total. The molecule has 0 aliphatic carbocycles. The molecule has 0 fully saturated rings. The first-order valence-corrected chi connectivity index (χ1v) is 8.87. The average Bonchev–Trinajstić information content (AvgIpc) is 3.11. The Hall–Kier alpha value is -1.60. The van der Waals surface area contributed by atoms with E-state index in [0.717, 1.165) is 21.4 Å². The molecule has 2 aromatic heterocycles. The standard InChI is InChI=1S/C15H20N4OS2/c1-5-19(9-11(2)3)13(20)10-22-15-17-16-14(18(15)4)12-7-6-8-21-12/h6-8H,2,5,9-10H2,1,3-4H3. The van der Waals surface area contributed by atoms with Crippen molar-refractivity contribution in [2.24, 2.45) is 7.05 Å². The van der Waals surface area contributed by atoms with Crippen LogP contribution in [0.4, 0.5) is 0 Å². The van der Waals surface area contributed by atoms with E-state index < -0.39 is 0 Å². The van der Waals surface area contributed by atoms with Gasteiger partial charge >= 0.3 is 0 Å². The molecule has 0 saturated heterocycles. The Balaban J connectivity index is 2.00. The molecule has 22 heavy (non-hydrogen) atoms. The van der Waals surface area contributed by atoms with Gasteiger partial charge in [0.05, 0.1) is 10.6 Å². The van der Waals surface area contributed by atoms with E-state index in [2.05, 4.69) is 16.8 Å². The Kier molecular flexibility index (Phi) is 5.79. The number of carbonyl (C=O) groups is 1. The van der Waals surface area contributed by atoms with Crippen LogP contribution in [0.2, 0.25) is 0 Å². The van der Waals surface area contributed by atoms with E-state index in [1.807, 2.05) is 43.0 Å². The summed E-state index contributed by atoms with van der Waals surface area (Å²) < 4.78 is 1.93. The van der Waals surface area contributed by atoms with Crippen molar-refractivity contribution in [2.75, 3.05) is 18.8 Å². The van der Waals surface area contributed by atoms with Crippen molar-refractivity contribution in [1.29, 1.82) is 0 Å². The minimum absolute atomic E-state index is 0.0937. The molecule has 1 amide bonds. The normalized spacial score (nSPS) is 10.7. The third-order valence-electron chi connectivity index (χ3n) is 3.10. The van der Waals surface area contributed by atoms with E-state index in [4.69, 9.17) is 0 Å². The average molecular weight is 336 g/mol. The van der Waals surface area contributed by atoms with E-state index in [1.54, 1.807) is 16.2 Å². The third-order valence-corrected chi connectivity index (χ3v) is 4.97. The predicted molar refractivity (Wildman–Crippen MR) is 92.1 cm³/mol. The molecule has 0 saturated carbocycles. The van der Waals surface area contributed by atoms with Crippen molar-refractivity contribution in [3.63, 3.8) is 0 Å². The number of hydrogen-bond donors (Lipinski definition) is 0. The van der Waals surface area contributed by atoms with Crippen LogP contribution in [0.1, 0.15) is 13.8 Å². The second-order valence-electron chi connectivity index (χ2n) is 5.00. The van der Waals surface area contributed by atoms with Gasteiger partial charge < -0.3 is 9.47 Å². The summed E-state index contributed by atoms with van der Waals surface area (Å²) in [6, 6.07) is 4.00. The minimum atomic E-state index is 0.0937. The summed E-state index contributed by atoms with van der Waals surface area (Å²) in [6.07, 6.45) is 0. The maximum Gasteiger partial charge on any atom is 0.233 e. The van der Waals surface area contributed by atoms with Gasteiger partial charge in [-0.1, -0.05) is 30.0 Å². The zero-order valence-corrected chi connectivity index (χ0v) is 14.7. The zero-order chi connectivity index (χ0) is 16.1. The number of amides is 1. The summed E-state index contributed by atoms with van der Waals surface area (Å²) in [5.41, 5.74) is 0.985. The maximum atomic E-state index is 12.2. The van der Waals surface area contributed by atoms with Crippen LogP contribution < -0.4 is 0 Å². The summed E-state index contributed by atoms with van der Waals surface area (Å²) in [5.74, 6) is 1.28. The van der Waals surface area contributed by atoms with Crippen molar-refractivity contribution in [3.8, 4) is 10.7 Å². The number of aromatic nitrogens is 3. The molecule has 2 aromatic rings. The fourth-order valence-electron chi connectivity index (χ4n) is 1.98. The van der Waals surface area contributed by atoms with E-state index in [-0.39, 0.29) is 5.91 Å². The first-order chi connectivity index (χ1) is 10.5. The van der Waals surface area contributed by atoms with Gasteiger partial charge in [-0.3, -0.25) is 4.79 Å². The number of thioether (sulfide) groups is 1. The van der Waals surface area contributed by atoms with Gasteiger partial charge in [-0.15, -0.1) is 21.5 Å². The van der Waals surface area contributed by atoms with Crippen LogP contribution in [0.15, 0.2) is 34.8 Å². The number of likely N-dealkylation sites (N-methyl/N-ethyl adjacent to an activating group) is 1. The van der Waals surface area contributed by atoms with Crippen LogP contribution in [0.5, 0.6) is 0 Å². The molecular formula is C15H20N4OS2. The maximum absolute atomic E-state index is 12.2. The largest absolute Gasteiger partial charge is 0.338 e.